The molecule has 0 spiro atoms. The van der Waals surface area contributed by atoms with E-state index in [9.17, 15) is 4.79 Å². The lowest BCUT2D eigenvalue weighted by molar-refractivity contribution is -0.135. The normalized spacial score (nSPS) is 9.20. The van der Waals surface area contributed by atoms with Gasteiger partial charge in [0.2, 0.25) is 0 Å². The molecule has 78 valence electrons. The maximum atomic E-state index is 10.2. The molecule has 0 aliphatic carbocycles. The van der Waals surface area contributed by atoms with E-state index in [-0.39, 0.29) is 6.42 Å². The molecule has 0 saturated heterocycles. The number of hydrogen-bond donors (Lipinski definition) is 1. The zero-order chi connectivity index (χ0) is 11.3. The molecule has 0 saturated carbocycles. The van der Waals surface area contributed by atoms with Crippen LogP contribution in [0.1, 0.15) is 12.0 Å². The van der Waals surface area contributed by atoms with E-state index in [1.165, 1.54) is 0 Å². The molecule has 4 heteroatoms. The van der Waals surface area contributed by atoms with Crippen LogP contribution < -0.4 is 0 Å². The molecule has 0 heterocycles. The molecule has 1 N–H and O–H groups in total. The van der Waals surface area contributed by atoms with Crippen LogP contribution in [0.5, 0.6) is 0 Å². The number of rotatable bonds is 2. The van der Waals surface area contributed by atoms with Crippen LogP contribution in [0.15, 0.2) is 18.2 Å². The van der Waals surface area contributed by atoms with Crippen molar-refractivity contribution in [3.8, 4) is 11.8 Å². The summed E-state index contributed by atoms with van der Waals surface area (Å²) < 4.78 is 0. The Morgan fingerprint density at radius 3 is 2.60 bits per heavy atom. The fourth-order valence-electron chi connectivity index (χ4n) is 0.952. The van der Waals surface area contributed by atoms with Gasteiger partial charge in [0.25, 0.3) is 0 Å². The summed E-state index contributed by atoms with van der Waals surface area (Å²) in [6, 6.07) is 5.22. The summed E-state index contributed by atoms with van der Waals surface area (Å²) in [6.07, 6.45) is 0.339. The van der Waals surface area contributed by atoms with Gasteiger partial charge in [-0.15, -0.1) is 0 Å². The van der Waals surface area contributed by atoms with E-state index in [2.05, 4.69) is 11.8 Å². The highest BCUT2D eigenvalue weighted by molar-refractivity contribution is 6.42. The van der Waals surface area contributed by atoms with Crippen LogP contribution >= 0.6 is 23.2 Å². The Labute approximate surface area is 97.8 Å². The third-order valence-electron chi connectivity index (χ3n) is 1.64. The second-order valence-corrected chi connectivity index (χ2v) is 3.66. The van der Waals surface area contributed by atoms with Crippen LogP contribution in [0.2, 0.25) is 10.0 Å². The summed E-state index contributed by atoms with van der Waals surface area (Å²) in [5.41, 5.74) is 0.919. The van der Waals surface area contributed by atoms with Gasteiger partial charge in [-0.25, -0.2) is 0 Å². The van der Waals surface area contributed by atoms with Gasteiger partial charge in [-0.05, 0) is 17.7 Å². The summed E-state index contributed by atoms with van der Waals surface area (Å²) in [6.45, 7) is 0. The minimum Gasteiger partial charge on any atom is -0.481 e. The number of aliphatic carboxylic acids is 1. The Hall–Kier alpha value is -1.17. The van der Waals surface area contributed by atoms with Gasteiger partial charge < -0.3 is 5.11 Å². The summed E-state index contributed by atoms with van der Waals surface area (Å²) >= 11 is 11.5. The third kappa shape index (κ3) is 4.24. The first-order valence-corrected chi connectivity index (χ1v) is 4.96. The van der Waals surface area contributed by atoms with Crippen molar-refractivity contribution in [2.24, 2.45) is 0 Å². The first-order valence-electron chi connectivity index (χ1n) is 4.21. The molecule has 0 amide bonds. The van der Waals surface area contributed by atoms with E-state index in [1.807, 2.05) is 6.07 Å². The smallest absolute Gasteiger partial charge is 0.315 e. The van der Waals surface area contributed by atoms with Gasteiger partial charge in [0.1, 0.15) is 6.42 Å². The molecule has 15 heavy (non-hydrogen) atoms. The van der Waals surface area contributed by atoms with Crippen molar-refractivity contribution in [2.75, 3.05) is 0 Å². The molecule has 0 radical (unpaired) electrons. The molecular formula is C11H8Cl2O2. The van der Waals surface area contributed by atoms with Gasteiger partial charge in [0.15, 0.2) is 0 Å². The molecule has 1 aromatic rings. The lowest BCUT2D eigenvalue weighted by atomic mass is 10.1. The highest BCUT2D eigenvalue weighted by atomic mass is 35.5. The molecule has 1 rings (SSSR count). The van der Waals surface area contributed by atoms with Crippen LogP contribution in [-0.4, -0.2) is 11.1 Å². The lowest BCUT2D eigenvalue weighted by Crippen LogP contribution is -1.90. The van der Waals surface area contributed by atoms with Gasteiger partial charge in [-0.1, -0.05) is 41.1 Å². The molecule has 0 atom stereocenters. The molecule has 2 nitrogen and oxygen atoms in total. The van der Waals surface area contributed by atoms with Crippen molar-refractivity contribution in [3.05, 3.63) is 33.8 Å². The molecule has 0 bridgehead atoms. The maximum absolute atomic E-state index is 10.2. The highest BCUT2D eigenvalue weighted by Gasteiger charge is 1.97. The number of carboxylic acid groups (broad SMARTS) is 1. The largest absolute Gasteiger partial charge is 0.481 e. The Morgan fingerprint density at radius 1 is 1.27 bits per heavy atom. The quantitative estimate of drug-likeness (QED) is 0.810. The molecule has 0 aliphatic rings. The van der Waals surface area contributed by atoms with Crippen LogP contribution in [0.25, 0.3) is 0 Å². The van der Waals surface area contributed by atoms with Crippen molar-refractivity contribution in [2.45, 2.75) is 12.8 Å². The van der Waals surface area contributed by atoms with Gasteiger partial charge in [0, 0.05) is 6.42 Å². The first-order chi connectivity index (χ1) is 7.09. The van der Waals surface area contributed by atoms with Gasteiger partial charge in [0.05, 0.1) is 10.0 Å². The van der Waals surface area contributed by atoms with Gasteiger partial charge >= 0.3 is 5.97 Å². The molecule has 0 fully saturated rings. The minimum absolute atomic E-state index is 0.138. The molecule has 0 aromatic heterocycles. The Bertz CT molecular complexity index is 430. The molecule has 0 aliphatic heterocycles. The predicted octanol–water partition coefficient (Wildman–Crippen LogP) is 3.01. The van der Waals surface area contributed by atoms with Gasteiger partial charge in [-0.2, -0.15) is 0 Å². The summed E-state index contributed by atoms with van der Waals surface area (Å²) in [5, 5.41) is 9.33. The third-order valence-corrected chi connectivity index (χ3v) is 2.38. The highest BCUT2D eigenvalue weighted by Crippen LogP contribution is 2.22. The van der Waals surface area contributed by atoms with E-state index in [0.717, 1.165) is 5.56 Å². The number of carbonyl (C=O) groups is 1. The van der Waals surface area contributed by atoms with Crippen molar-refractivity contribution < 1.29 is 9.90 Å². The zero-order valence-electron chi connectivity index (χ0n) is 7.76. The second kappa shape index (κ2) is 5.65. The van der Waals surface area contributed by atoms with Crippen LogP contribution in [0.4, 0.5) is 0 Å². The summed E-state index contributed by atoms with van der Waals surface area (Å²) in [5.74, 6) is 4.37. The standard InChI is InChI=1S/C11H8Cl2O2/c12-9-6-5-8(7-10(9)13)3-1-2-4-11(14)15/h5-7H,3-4H2,(H,14,15). The van der Waals surface area contributed by atoms with Crippen LogP contribution in [0, 0.1) is 11.8 Å². The second-order valence-electron chi connectivity index (χ2n) is 2.85. The average molecular weight is 243 g/mol. The number of carboxylic acids is 1. The molecular weight excluding hydrogens is 235 g/mol. The summed E-state index contributed by atoms with van der Waals surface area (Å²) in [7, 11) is 0. The predicted molar refractivity (Wildman–Crippen MR) is 60.2 cm³/mol. The van der Waals surface area contributed by atoms with Crippen molar-refractivity contribution in [3.63, 3.8) is 0 Å². The van der Waals surface area contributed by atoms with Crippen LogP contribution in [0.3, 0.4) is 0 Å². The van der Waals surface area contributed by atoms with E-state index in [0.29, 0.717) is 16.5 Å². The van der Waals surface area contributed by atoms with Crippen molar-refractivity contribution in [1.29, 1.82) is 0 Å². The number of benzene rings is 1. The number of halogens is 2. The van der Waals surface area contributed by atoms with Crippen LogP contribution in [-0.2, 0) is 11.2 Å². The first kappa shape index (κ1) is 11.9. The SMILES string of the molecule is O=C(O)CC#CCc1ccc(Cl)c(Cl)c1. The topological polar surface area (TPSA) is 37.3 Å². The van der Waals surface area contributed by atoms with Gasteiger partial charge in [-0.3, -0.25) is 4.79 Å². The van der Waals surface area contributed by atoms with Crippen molar-refractivity contribution in [1.82, 2.24) is 0 Å². The lowest BCUT2D eigenvalue weighted by Gasteiger charge is -1.97. The zero-order valence-corrected chi connectivity index (χ0v) is 9.27. The van der Waals surface area contributed by atoms with Crippen molar-refractivity contribution >= 4 is 29.2 Å². The van der Waals surface area contributed by atoms with E-state index >= 15 is 0 Å². The Balaban J connectivity index is 2.60. The summed E-state index contributed by atoms with van der Waals surface area (Å²) in [4.78, 5) is 10.2. The fraction of sp³-hybridized carbons (Fsp3) is 0.182. The Morgan fingerprint density at radius 2 is 2.00 bits per heavy atom. The van der Waals surface area contributed by atoms with E-state index < -0.39 is 5.97 Å². The van der Waals surface area contributed by atoms with E-state index in [1.54, 1.807) is 12.1 Å². The number of hydrogen-bond acceptors (Lipinski definition) is 1. The minimum atomic E-state index is -0.920. The fourth-order valence-corrected chi connectivity index (χ4v) is 1.27. The Kier molecular flexibility index (Phi) is 4.48. The molecule has 0 unspecified atom stereocenters. The van der Waals surface area contributed by atoms with E-state index in [4.69, 9.17) is 28.3 Å². The maximum Gasteiger partial charge on any atom is 0.315 e. The molecule has 1 aromatic carbocycles. The monoisotopic (exact) mass is 242 g/mol. The average Bonchev–Trinajstić information content (AvgIpc) is 2.18.